The van der Waals surface area contributed by atoms with Gasteiger partial charge in [-0.05, 0) is 44.0 Å². The number of nitrogens with one attached hydrogen (secondary N) is 1. The summed E-state index contributed by atoms with van der Waals surface area (Å²) >= 11 is 1.61. The van der Waals surface area contributed by atoms with E-state index >= 15 is 0 Å². The summed E-state index contributed by atoms with van der Waals surface area (Å²) in [5.74, 6) is 0.522. The number of aryl methyl sites for hydroxylation is 1. The first-order valence-electron chi connectivity index (χ1n) is 10.7. The second-order valence-electron chi connectivity index (χ2n) is 8.20. The van der Waals surface area contributed by atoms with Crippen LogP contribution in [0.25, 0.3) is 11.3 Å². The van der Waals surface area contributed by atoms with Gasteiger partial charge >= 0.3 is 6.03 Å². The third-order valence-electron chi connectivity index (χ3n) is 6.24. The number of likely N-dealkylation sites (tertiary alicyclic amines) is 1. The van der Waals surface area contributed by atoms with Gasteiger partial charge in [-0.3, -0.25) is 4.68 Å². The molecular weight excluding hydrogens is 408 g/mol. The maximum atomic E-state index is 12.3. The second kappa shape index (κ2) is 7.92. The van der Waals surface area contributed by atoms with Crippen molar-refractivity contribution < 1.29 is 4.79 Å². The fourth-order valence-electron chi connectivity index (χ4n) is 4.62. The molecule has 5 rings (SSSR count). The van der Waals surface area contributed by atoms with Crippen LogP contribution in [0.5, 0.6) is 0 Å². The Balaban J connectivity index is 1.41. The number of amides is 2. The largest absolute Gasteiger partial charge is 0.383 e. The molecule has 8 heteroatoms. The van der Waals surface area contributed by atoms with E-state index in [1.54, 1.807) is 18.0 Å². The smallest absolute Gasteiger partial charge is 0.317 e. The Labute approximate surface area is 186 Å². The highest BCUT2D eigenvalue weighted by Gasteiger charge is 2.46. The summed E-state index contributed by atoms with van der Waals surface area (Å²) in [5, 5.41) is 7.79. The maximum absolute atomic E-state index is 12.3. The molecule has 160 valence electrons. The van der Waals surface area contributed by atoms with Crippen molar-refractivity contribution in [1.29, 1.82) is 0 Å². The predicted octanol–water partition coefficient (Wildman–Crippen LogP) is 3.76. The Kier molecular flexibility index (Phi) is 5.09. The lowest BCUT2D eigenvalue weighted by Crippen LogP contribution is -2.40. The van der Waals surface area contributed by atoms with Crippen LogP contribution in [0, 0.1) is 0 Å². The summed E-state index contributed by atoms with van der Waals surface area (Å²) in [6, 6.07) is 14.4. The zero-order valence-electron chi connectivity index (χ0n) is 17.5. The number of anilines is 1. The first-order valence-corrected chi connectivity index (χ1v) is 11.5. The van der Waals surface area contributed by atoms with Gasteiger partial charge in [0.1, 0.15) is 5.82 Å². The van der Waals surface area contributed by atoms with Crippen molar-refractivity contribution in [3.8, 4) is 11.3 Å². The van der Waals surface area contributed by atoms with Crippen LogP contribution in [-0.4, -0.2) is 45.3 Å². The number of fused-ring (bicyclic) bond motifs is 2. The van der Waals surface area contributed by atoms with Crippen molar-refractivity contribution in [3.05, 3.63) is 54.4 Å². The van der Waals surface area contributed by atoms with E-state index in [1.165, 1.54) is 5.69 Å². The molecular formula is C23H26N6OS. The van der Waals surface area contributed by atoms with E-state index in [4.69, 9.17) is 10.8 Å². The van der Waals surface area contributed by atoms with Gasteiger partial charge in [-0.25, -0.2) is 9.78 Å². The molecule has 1 atom stereocenters. The SMILES string of the molecule is CCNC(=O)N1CC[C@@]2(CCn3nc(-c4cnc(N)c(Sc5ccccc5)c4)cc32)C1. The van der Waals surface area contributed by atoms with Crippen LogP contribution < -0.4 is 11.1 Å². The molecule has 0 bridgehead atoms. The lowest BCUT2D eigenvalue weighted by Gasteiger charge is -2.23. The van der Waals surface area contributed by atoms with Crippen molar-refractivity contribution >= 4 is 23.6 Å². The number of pyridine rings is 1. The second-order valence-corrected chi connectivity index (χ2v) is 9.31. The average Bonchev–Trinajstić information content (AvgIpc) is 3.48. The third kappa shape index (κ3) is 3.65. The van der Waals surface area contributed by atoms with Crippen LogP contribution in [0.1, 0.15) is 25.5 Å². The molecule has 3 N–H and O–H groups in total. The molecule has 2 aromatic heterocycles. The molecule has 1 fully saturated rings. The first-order chi connectivity index (χ1) is 15.1. The fourth-order valence-corrected chi connectivity index (χ4v) is 5.51. The summed E-state index contributed by atoms with van der Waals surface area (Å²) < 4.78 is 2.11. The van der Waals surface area contributed by atoms with Crippen LogP contribution >= 0.6 is 11.8 Å². The molecule has 2 aliphatic heterocycles. The zero-order valence-corrected chi connectivity index (χ0v) is 18.4. The molecule has 4 heterocycles. The number of carbonyl (C=O) groups excluding carboxylic acids is 1. The number of hydrogen-bond acceptors (Lipinski definition) is 5. The monoisotopic (exact) mass is 434 g/mol. The van der Waals surface area contributed by atoms with Crippen LogP contribution in [0.2, 0.25) is 0 Å². The van der Waals surface area contributed by atoms with E-state index in [9.17, 15) is 4.79 Å². The molecule has 0 saturated carbocycles. The van der Waals surface area contributed by atoms with E-state index < -0.39 is 0 Å². The van der Waals surface area contributed by atoms with Gasteiger partial charge in [0, 0.05) is 53.9 Å². The minimum absolute atomic E-state index is 0.000807. The molecule has 1 spiro atoms. The van der Waals surface area contributed by atoms with Crippen LogP contribution in [0.3, 0.4) is 0 Å². The molecule has 2 aliphatic rings. The predicted molar refractivity (Wildman–Crippen MR) is 122 cm³/mol. The summed E-state index contributed by atoms with van der Waals surface area (Å²) in [7, 11) is 0. The van der Waals surface area contributed by atoms with E-state index in [-0.39, 0.29) is 11.4 Å². The minimum atomic E-state index is -0.000807. The number of nitrogen functional groups attached to an aromatic ring is 1. The molecule has 7 nitrogen and oxygen atoms in total. The summed E-state index contributed by atoms with van der Waals surface area (Å²) in [6.07, 6.45) is 3.80. The highest BCUT2D eigenvalue weighted by atomic mass is 32.2. The Bertz CT molecular complexity index is 1110. The zero-order chi connectivity index (χ0) is 21.4. The normalized spacial score (nSPS) is 19.7. The Hall–Kier alpha value is -3.00. The van der Waals surface area contributed by atoms with Crippen molar-refractivity contribution in [1.82, 2.24) is 25.0 Å². The van der Waals surface area contributed by atoms with Gasteiger partial charge in [-0.2, -0.15) is 5.10 Å². The molecule has 1 saturated heterocycles. The number of urea groups is 1. The lowest BCUT2D eigenvalue weighted by atomic mass is 9.82. The summed E-state index contributed by atoms with van der Waals surface area (Å²) in [4.78, 5) is 20.7. The third-order valence-corrected chi connectivity index (χ3v) is 7.30. The Morgan fingerprint density at radius 1 is 1.23 bits per heavy atom. The molecule has 0 radical (unpaired) electrons. The van der Waals surface area contributed by atoms with Crippen molar-refractivity contribution in [3.63, 3.8) is 0 Å². The van der Waals surface area contributed by atoms with Gasteiger partial charge in [0.25, 0.3) is 0 Å². The highest BCUT2D eigenvalue weighted by Crippen LogP contribution is 2.44. The van der Waals surface area contributed by atoms with Crippen molar-refractivity contribution in [2.24, 2.45) is 0 Å². The number of carbonyl (C=O) groups is 1. The van der Waals surface area contributed by atoms with E-state index in [0.717, 1.165) is 53.5 Å². The molecule has 0 unspecified atom stereocenters. The van der Waals surface area contributed by atoms with Gasteiger partial charge in [-0.15, -0.1) is 0 Å². The van der Waals surface area contributed by atoms with Crippen molar-refractivity contribution in [2.75, 3.05) is 25.4 Å². The topological polar surface area (TPSA) is 89.1 Å². The van der Waals surface area contributed by atoms with Gasteiger partial charge in [0.05, 0.1) is 10.6 Å². The average molecular weight is 435 g/mol. The molecule has 2 amide bonds. The number of nitrogens with zero attached hydrogens (tertiary/aromatic N) is 4. The number of benzene rings is 1. The summed E-state index contributed by atoms with van der Waals surface area (Å²) in [6.45, 7) is 5.02. The maximum Gasteiger partial charge on any atom is 0.317 e. The number of rotatable bonds is 4. The van der Waals surface area contributed by atoms with Crippen LogP contribution in [-0.2, 0) is 12.0 Å². The fraction of sp³-hybridized carbons (Fsp3) is 0.348. The Morgan fingerprint density at radius 2 is 2.03 bits per heavy atom. The molecule has 0 aliphatic carbocycles. The number of nitrogens with two attached hydrogens (primary N) is 1. The number of aromatic nitrogens is 3. The van der Waals surface area contributed by atoms with Crippen LogP contribution in [0.15, 0.2) is 58.5 Å². The van der Waals surface area contributed by atoms with E-state index in [2.05, 4.69) is 39.2 Å². The van der Waals surface area contributed by atoms with Gasteiger partial charge in [-0.1, -0.05) is 30.0 Å². The van der Waals surface area contributed by atoms with E-state index in [0.29, 0.717) is 12.4 Å². The minimum Gasteiger partial charge on any atom is -0.383 e. The quantitative estimate of drug-likeness (QED) is 0.653. The summed E-state index contributed by atoms with van der Waals surface area (Å²) in [5.41, 5.74) is 9.25. The molecule has 31 heavy (non-hydrogen) atoms. The van der Waals surface area contributed by atoms with Crippen LogP contribution in [0.4, 0.5) is 10.6 Å². The Morgan fingerprint density at radius 3 is 2.84 bits per heavy atom. The van der Waals surface area contributed by atoms with Gasteiger partial charge in [0.15, 0.2) is 0 Å². The lowest BCUT2D eigenvalue weighted by molar-refractivity contribution is 0.206. The van der Waals surface area contributed by atoms with E-state index in [1.807, 2.05) is 30.0 Å². The molecule has 1 aromatic carbocycles. The number of hydrogen-bond donors (Lipinski definition) is 2. The first kappa shape index (κ1) is 19.9. The molecule has 3 aromatic rings. The van der Waals surface area contributed by atoms with Gasteiger partial charge in [0.2, 0.25) is 0 Å². The highest BCUT2D eigenvalue weighted by molar-refractivity contribution is 7.99. The van der Waals surface area contributed by atoms with Gasteiger partial charge < -0.3 is 16.0 Å². The standard InChI is InChI=1S/C23H26N6OS/c1-2-25-22(30)28-10-8-23(15-28)9-11-29-20(23)13-18(27-29)16-12-19(21(24)26-14-16)31-17-6-4-3-5-7-17/h3-7,12-14H,2,8-11,15H2,1H3,(H2,24,26)(H,25,30)/t23-/m1/s1. The van der Waals surface area contributed by atoms with Crippen molar-refractivity contribution in [2.45, 2.75) is 41.5 Å².